The third-order valence-corrected chi connectivity index (χ3v) is 5.89. The van der Waals surface area contributed by atoms with Crippen molar-refractivity contribution in [3.63, 3.8) is 0 Å². The van der Waals surface area contributed by atoms with Crippen molar-refractivity contribution in [2.75, 3.05) is 31.6 Å². The number of rotatable bonds is 9. The van der Waals surface area contributed by atoms with Gasteiger partial charge < -0.3 is 19.3 Å². The summed E-state index contributed by atoms with van der Waals surface area (Å²) < 4.78 is 20.6. The zero-order valence-corrected chi connectivity index (χ0v) is 20.1. The van der Waals surface area contributed by atoms with Crippen LogP contribution in [0.2, 0.25) is 5.02 Å². The Morgan fingerprint density at radius 3 is 2.91 bits per heavy atom. The molecule has 1 amide bonds. The van der Waals surface area contributed by atoms with Gasteiger partial charge in [-0.05, 0) is 66.8 Å². The summed E-state index contributed by atoms with van der Waals surface area (Å²) in [5, 5.41) is 19.0. The van der Waals surface area contributed by atoms with Crippen LogP contribution in [0.5, 0.6) is 17.4 Å². The van der Waals surface area contributed by atoms with E-state index in [1.807, 2.05) is 25.1 Å². The molecule has 3 aromatic rings. The number of anilines is 1. The lowest BCUT2D eigenvalue weighted by molar-refractivity contribution is 0.0722. The van der Waals surface area contributed by atoms with E-state index < -0.39 is 12.2 Å². The van der Waals surface area contributed by atoms with Gasteiger partial charge in [0.05, 0.1) is 11.1 Å². The average molecular weight is 505 g/mol. The molecule has 1 aliphatic rings. The van der Waals surface area contributed by atoms with Crippen LogP contribution in [0.4, 0.5) is 10.5 Å². The number of aromatic nitrogens is 2. The molecule has 0 spiro atoms. The number of amides is 1. The summed E-state index contributed by atoms with van der Waals surface area (Å²) in [6.45, 7) is 3.98. The lowest BCUT2D eigenvalue weighted by atomic mass is 10.2. The second-order valence-electron chi connectivity index (χ2n) is 7.96. The number of benzene rings is 2. The number of ether oxygens (including phenoxy) is 3. The zero-order valence-electron chi connectivity index (χ0n) is 18.5. The van der Waals surface area contributed by atoms with Crippen LogP contribution in [0.15, 0.2) is 47.8 Å². The predicted molar refractivity (Wildman–Crippen MR) is 129 cm³/mol. The molecule has 180 valence electrons. The molecule has 2 atom stereocenters. The monoisotopic (exact) mass is 504 g/mol. The summed E-state index contributed by atoms with van der Waals surface area (Å²) in [6, 6.07) is 12.7. The van der Waals surface area contributed by atoms with Crippen LogP contribution in [0, 0.1) is 6.92 Å². The van der Waals surface area contributed by atoms with E-state index in [-0.39, 0.29) is 18.6 Å². The SMILES string of the molecule is Cc1ccc(NC(=O)Oc2csnn2)c(OCC(O)CN2CCC(Oc3ccc(Cl)cc3)C2)c1. The van der Waals surface area contributed by atoms with Gasteiger partial charge in [-0.1, -0.05) is 27.3 Å². The molecular formula is C23H25ClN4O5S. The van der Waals surface area contributed by atoms with Gasteiger partial charge in [-0.15, -0.1) is 0 Å². The number of carbonyl (C=O) groups excluding carboxylic acids is 1. The fourth-order valence-corrected chi connectivity index (χ4v) is 4.07. The molecule has 34 heavy (non-hydrogen) atoms. The molecule has 2 unspecified atom stereocenters. The second-order valence-corrected chi connectivity index (χ2v) is 9.01. The third kappa shape index (κ3) is 7.04. The Kier molecular flexibility index (Phi) is 8.17. The van der Waals surface area contributed by atoms with Gasteiger partial charge in [0.1, 0.15) is 30.3 Å². The number of likely N-dealkylation sites (tertiary alicyclic amines) is 1. The first-order valence-corrected chi connectivity index (χ1v) is 12.0. The molecule has 1 saturated heterocycles. The lowest BCUT2D eigenvalue weighted by Gasteiger charge is -2.21. The average Bonchev–Trinajstić information content (AvgIpc) is 3.47. The largest absolute Gasteiger partial charge is 0.489 e. The maximum atomic E-state index is 12.1. The van der Waals surface area contributed by atoms with Crippen LogP contribution in [0.3, 0.4) is 0 Å². The highest BCUT2D eigenvalue weighted by molar-refractivity contribution is 7.03. The summed E-state index contributed by atoms with van der Waals surface area (Å²) in [7, 11) is 0. The molecule has 4 rings (SSSR count). The maximum Gasteiger partial charge on any atom is 0.418 e. The van der Waals surface area contributed by atoms with Crippen LogP contribution in [-0.2, 0) is 0 Å². The van der Waals surface area contributed by atoms with Gasteiger partial charge >= 0.3 is 6.09 Å². The van der Waals surface area contributed by atoms with Crippen molar-refractivity contribution in [1.29, 1.82) is 0 Å². The minimum atomic E-state index is -0.712. The van der Waals surface area contributed by atoms with Crippen molar-refractivity contribution in [3.8, 4) is 17.4 Å². The molecule has 1 fully saturated rings. The quantitative estimate of drug-likeness (QED) is 0.450. The molecule has 0 bridgehead atoms. The number of hydrogen-bond acceptors (Lipinski definition) is 9. The van der Waals surface area contributed by atoms with Gasteiger partial charge in [0.2, 0.25) is 0 Å². The van der Waals surface area contributed by atoms with Crippen LogP contribution in [-0.4, -0.2) is 64.1 Å². The Morgan fingerprint density at radius 1 is 1.32 bits per heavy atom. The number of hydrogen-bond donors (Lipinski definition) is 2. The van der Waals surface area contributed by atoms with Crippen molar-refractivity contribution in [3.05, 3.63) is 58.4 Å². The number of nitrogens with one attached hydrogen (secondary N) is 1. The molecule has 9 nitrogen and oxygen atoms in total. The predicted octanol–water partition coefficient (Wildman–Crippen LogP) is 4.00. The van der Waals surface area contributed by atoms with Gasteiger partial charge in [-0.3, -0.25) is 10.2 Å². The molecule has 11 heteroatoms. The first kappa shape index (κ1) is 24.2. The number of halogens is 1. The van der Waals surface area contributed by atoms with Gasteiger partial charge in [0, 0.05) is 24.7 Å². The topological polar surface area (TPSA) is 106 Å². The molecule has 1 aliphatic heterocycles. The maximum absolute atomic E-state index is 12.1. The zero-order chi connectivity index (χ0) is 23.9. The first-order chi connectivity index (χ1) is 16.4. The van der Waals surface area contributed by atoms with E-state index in [2.05, 4.69) is 19.8 Å². The van der Waals surface area contributed by atoms with Crippen molar-refractivity contribution in [2.45, 2.75) is 25.6 Å². The highest BCUT2D eigenvalue weighted by Crippen LogP contribution is 2.27. The molecule has 0 aliphatic carbocycles. The van der Waals surface area contributed by atoms with E-state index in [1.165, 1.54) is 5.38 Å². The Balaban J connectivity index is 1.25. The number of aliphatic hydroxyl groups excluding tert-OH is 1. The molecule has 0 saturated carbocycles. The first-order valence-electron chi connectivity index (χ1n) is 10.8. The summed E-state index contributed by atoms with van der Waals surface area (Å²) in [4.78, 5) is 14.3. The molecule has 0 radical (unpaired) electrons. The highest BCUT2D eigenvalue weighted by Gasteiger charge is 2.26. The summed E-state index contributed by atoms with van der Waals surface area (Å²) in [5.74, 6) is 1.35. The third-order valence-electron chi connectivity index (χ3n) is 5.16. The number of nitrogens with zero attached hydrogens (tertiary/aromatic N) is 3. The Labute approximate surface area is 206 Å². The number of β-amino-alcohol motifs (C(OH)–C–C–N with tert-alkyl or cyclic N) is 1. The number of aryl methyl sites for hydroxylation is 1. The Hall–Kier alpha value is -2.92. The minimum absolute atomic E-state index is 0.0563. The van der Waals surface area contributed by atoms with E-state index in [0.29, 0.717) is 29.5 Å². The van der Waals surface area contributed by atoms with Crippen LogP contribution in [0.1, 0.15) is 12.0 Å². The molecule has 2 heterocycles. The normalized spacial score (nSPS) is 16.7. The van der Waals surface area contributed by atoms with Gasteiger partial charge in [-0.2, -0.15) is 0 Å². The van der Waals surface area contributed by atoms with Crippen molar-refractivity contribution in [1.82, 2.24) is 14.5 Å². The van der Waals surface area contributed by atoms with E-state index >= 15 is 0 Å². The highest BCUT2D eigenvalue weighted by atomic mass is 35.5. The molecule has 1 aromatic heterocycles. The summed E-state index contributed by atoms with van der Waals surface area (Å²) in [6.07, 6.45) is -0.485. The molecule has 2 N–H and O–H groups in total. The number of carbonyl (C=O) groups is 1. The van der Waals surface area contributed by atoms with E-state index in [1.54, 1.807) is 24.3 Å². The Morgan fingerprint density at radius 2 is 2.15 bits per heavy atom. The van der Waals surface area contributed by atoms with E-state index in [9.17, 15) is 9.90 Å². The lowest BCUT2D eigenvalue weighted by Crippen LogP contribution is -2.35. The smallest absolute Gasteiger partial charge is 0.418 e. The van der Waals surface area contributed by atoms with Gasteiger partial charge in [0.25, 0.3) is 5.88 Å². The standard InChI is InChI=1S/C23H25ClN4O5S/c1-15-2-7-20(25-23(30)33-22-14-34-27-26-22)21(10-15)31-13-17(29)11-28-9-8-19(12-28)32-18-5-3-16(24)4-6-18/h2-7,10,14,17,19,29H,8-9,11-13H2,1H3,(H,25,30). The minimum Gasteiger partial charge on any atom is -0.489 e. The summed E-state index contributed by atoms with van der Waals surface area (Å²) >= 11 is 7.00. The van der Waals surface area contributed by atoms with Crippen molar-refractivity contribution < 1.29 is 24.1 Å². The summed E-state index contributed by atoms with van der Waals surface area (Å²) in [5.41, 5.74) is 1.39. The van der Waals surface area contributed by atoms with Crippen LogP contribution >= 0.6 is 23.1 Å². The van der Waals surface area contributed by atoms with Crippen molar-refractivity contribution in [2.24, 2.45) is 0 Å². The Bertz CT molecular complexity index is 1080. The number of aliphatic hydroxyl groups is 1. The fraction of sp³-hybridized carbons (Fsp3) is 0.348. The van der Waals surface area contributed by atoms with Gasteiger partial charge in [0.15, 0.2) is 0 Å². The van der Waals surface area contributed by atoms with Gasteiger partial charge in [-0.25, -0.2) is 4.79 Å². The van der Waals surface area contributed by atoms with E-state index in [4.69, 9.17) is 25.8 Å². The van der Waals surface area contributed by atoms with Crippen molar-refractivity contribution >= 4 is 34.9 Å². The molecular weight excluding hydrogens is 480 g/mol. The molecule has 2 aromatic carbocycles. The second kappa shape index (κ2) is 11.5. The van der Waals surface area contributed by atoms with Crippen LogP contribution < -0.4 is 19.5 Å². The fourth-order valence-electron chi connectivity index (χ4n) is 3.58. The van der Waals surface area contributed by atoms with Crippen LogP contribution in [0.25, 0.3) is 0 Å². The van der Waals surface area contributed by atoms with E-state index in [0.717, 1.165) is 35.8 Å².